The molecule has 0 saturated carbocycles. The van der Waals surface area contributed by atoms with E-state index in [0.29, 0.717) is 31.9 Å². The lowest BCUT2D eigenvalue weighted by Gasteiger charge is -2.20. The Morgan fingerprint density at radius 1 is 1.54 bits per heavy atom. The Hall–Kier alpha value is -0.260. The van der Waals surface area contributed by atoms with Gasteiger partial charge >= 0.3 is 0 Å². The molecule has 5 heteroatoms. The Bertz CT molecular complexity index is 143. The molecule has 0 aromatic rings. The first-order chi connectivity index (χ1) is 6.26. The third kappa shape index (κ3) is 5.90. The topological polar surface area (TPSA) is 49.8 Å². The van der Waals surface area contributed by atoms with Gasteiger partial charge in [-0.1, -0.05) is 0 Å². The summed E-state index contributed by atoms with van der Waals surface area (Å²) in [7, 11) is 1.58. The third-order valence-electron chi connectivity index (χ3n) is 1.61. The summed E-state index contributed by atoms with van der Waals surface area (Å²) < 4.78 is 4.85. The molecule has 0 spiro atoms. The number of rotatable bonds is 7. The van der Waals surface area contributed by atoms with E-state index in [9.17, 15) is 4.79 Å². The average Bonchev–Trinajstić information content (AvgIpc) is 2.12. The van der Waals surface area contributed by atoms with E-state index >= 15 is 0 Å². The number of aliphatic hydroxyl groups is 1. The average molecular weight is 207 g/mol. The molecule has 0 bridgehead atoms. The summed E-state index contributed by atoms with van der Waals surface area (Å²) in [6.07, 6.45) is 0.410. The van der Waals surface area contributed by atoms with Gasteiger partial charge in [-0.2, -0.15) is 12.6 Å². The number of carbonyl (C=O) groups is 1. The molecular formula is C8H17NO3S. The normalized spacial score (nSPS) is 10.1. The molecule has 78 valence electrons. The van der Waals surface area contributed by atoms with Crippen LogP contribution in [0.5, 0.6) is 0 Å². The molecule has 0 heterocycles. The zero-order valence-electron chi connectivity index (χ0n) is 7.90. The molecule has 13 heavy (non-hydrogen) atoms. The zero-order valence-corrected chi connectivity index (χ0v) is 8.80. The molecule has 0 rings (SSSR count). The van der Waals surface area contributed by atoms with Crippen molar-refractivity contribution in [2.45, 2.75) is 6.42 Å². The van der Waals surface area contributed by atoms with Crippen LogP contribution in [0.15, 0.2) is 0 Å². The van der Waals surface area contributed by atoms with Crippen molar-refractivity contribution in [3.8, 4) is 0 Å². The summed E-state index contributed by atoms with van der Waals surface area (Å²) in [5, 5.41) is 8.70. The quantitative estimate of drug-likeness (QED) is 0.567. The van der Waals surface area contributed by atoms with Gasteiger partial charge < -0.3 is 14.7 Å². The third-order valence-corrected chi connectivity index (χ3v) is 1.84. The van der Waals surface area contributed by atoms with E-state index in [0.717, 1.165) is 0 Å². The molecule has 0 aliphatic heterocycles. The van der Waals surface area contributed by atoms with Crippen LogP contribution in [0, 0.1) is 0 Å². The van der Waals surface area contributed by atoms with Gasteiger partial charge in [0.15, 0.2) is 0 Å². The number of aliphatic hydroxyl groups excluding tert-OH is 1. The number of nitrogens with zero attached hydrogens (tertiary/aromatic N) is 1. The van der Waals surface area contributed by atoms with E-state index in [4.69, 9.17) is 9.84 Å². The predicted octanol–water partition coefficient (Wildman–Crippen LogP) is -0.226. The molecule has 0 aromatic heterocycles. The van der Waals surface area contributed by atoms with Crippen molar-refractivity contribution in [1.82, 2.24) is 4.90 Å². The maximum atomic E-state index is 11.3. The van der Waals surface area contributed by atoms with Gasteiger partial charge in [0.1, 0.15) is 0 Å². The SMILES string of the molecule is COCCN(CCO)C(=O)CCS. The highest BCUT2D eigenvalue weighted by atomic mass is 32.1. The second-order valence-electron chi connectivity index (χ2n) is 2.57. The Morgan fingerprint density at radius 2 is 2.23 bits per heavy atom. The molecule has 0 fully saturated rings. The van der Waals surface area contributed by atoms with Crippen LogP contribution < -0.4 is 0 Å². The summed E-state index contributed by atoms with van der Waals surface area (Å²) in [5.41, 5.74) is 0. The first-order valence-electron chi connectivity index (χ1n) is 4.24. The monoisotopic (exact) mass is 207 g/mol. The van der Waals surface area contributed by atoms with Crippen LogP contribution >= 0.6 is 12.6 Å². The predicted molar refractivity (Wildman–Crippen MR) is 54.0 cm³/mol. The van der Waals surface area contributed by atoms with Crippen molar-refractivity contribution in [3.05, 3.63) is 0 Å². The summed E-state index contributed by atoms with van der Waals surface area (Å²) >= 11 is 3.97. The van der Waals surface area contributed by atoms with E-state index in [1.807, 2.05) is 0 Å². The number of amides is 1. The minimum atomic E-state index is -0.0119. The van der Waals surface area contributed by atoms with Crippen LogP contribution in [-0.2, 0) is 9.53 Å². The largest absolute Gasteiger partial charge is 0.395 e. The molecule has 1 amide bonds. The highest BCUT2D eigenvalue weighted by molar-refractivity contribution is 7.80. The zero-order chi connectivity index (χ0) is 10.1. The van der Waals surface area contributed by atoms with Crippen molar-refractivity contribution in [3.63, 3.8) is 0 Å². The van der Waals surface area contributed by atoms with Gasteiger partial charge in [-0.3, -0.25) is 4.79 Å². The van der Waals surface area contributed by atoms with Crippen molar-refractivity contribution >= 4 is 18.5 Å². The summed E-state index contributed by atoms with van der Waals surface area (Å²) in [4.78, 5) is 12.9. The summed E-state index contributed by atoms with van der Waals surface area (Å²) in [5.74, 6) is 0.550. The molecule has 0 saturated heterocycles. The molecule has 0 aliphatic rings. The van der Waals surface area contributed by atoms with E-state index in [-0.39, 0.29) is 12.5 Å². The Labute approximate surface area is 84.3 Å². The maximum absolute atomic E-state index is 11.3. The minimum absolute atomic E-state index is 0.0119. The van der Waals surface area contributed by atoms with Gasteiger partial charge in [0, 0.05) is 26.6 Å². The van der Waals surface area contributed by atoms with Gasteiger partial charge in [0.05, 0.1) is 13.2 Å². The van der Waals surface area contributed by atoms with E-state index < -0.39 is 0 Å². The number of hydrogen-bond acceptors (Lipinski definition) is 4. The Kier molecular flexibility index (Phi) is 8.18. The van der Waals surface area contributed by atoms with Gasteiger partial charge in [-0.05, 0) is 5.75 Å². The van der Waals surface area contributed by atoms with E-state index in [2.05, 4.69) is 12.6 Å². The fourth-order valence-electron chi connectivity index (χ4n) is 0.937. The molecule has 0 aliphatic carbocycles. The smallest absolute Gasteiger partial charge is 0.223 e. The van der Waals surface area contributed by atoms with E-state index in [1.165, 1.54) is 0 Å². The fourth-order valence-corrected chi connectivity index (χ4v) is 1.13. The molecule has 4 nitrogen and oxygen atoms in total. The molecule has 0 unspecified atom stereocenters. The molecular weight excluding hydrogens is 190 g/mol. The van der Waals surface area contributed by atoms with Crippen LogP contribution in [0.25, 0.3) is 0 Å². The number of methoxy groups -OCH3 is 1. The van der Waals surface area contributed by atoms with Crippen LogP contribution in [0.1, 0.15) is 6.42 Å². The first-order valence-corrected chi connectivity index (χ1v) is 4.88. The van der Waals surface area contributed by atoms with Gasteiger partial charge in [-0.15, -0.1) is 0 Å². The number of thiol groups is 1. The fraction of sp³-hybridized carbons (Fsp3) is 0.875. The standard InChI is InChI=1S/C8H17NO3S/c1-12-6-4-9(3-5-10)8(11)2-7-13/h10,13H,2-7H2,1H3. The minimum Gasteiger partial charge on any atom is -0.395 e. The highest BCUT2D eigenvalue weighted by Crippen LogP contribution is 1.95. The van der Waals surface area contributed by atoms with Crippen LogP contribution in [-0.4, -0.2) is 55.1 Å². The van der Waals surface area contributed by atoms with Crippen LogP contribution in [0.4, 0.5) is 0 Å². The van der Waals surface area contributed by atoms with Gasteiger partial charge in [-0.25, -0.2) is 0 Å². The summed E-state index contributed by atoms with van der Waals surface area (Å²) in [6, 6.07) is 0. The molecule has 0 aromatic carbocycles. The van der Waals surface area contributed by atoms with Crippen molar-refractivity contribution in [1.29, 1.82) is 0 Å². The van der Waals surface area contributed by atoms with Crippen LogP contribution in [0.3, 0.4) is 0 Å². The number of ether oxygens (including phenoxy) is 1. The van der Waals surface area contributed by atoms with E-state index in [1.54, 1.807) is 12.0 Å². The molecule has 1 N–H and O–H groups in total. The lowest BCUT2D eigenvalue weighted by molar-refractivity contribution is -0.131. The second-order valence-corrected chi connectivity index (χ2v) is 3.02. The summed E-state index contributed by atoms with van der Waals surface area (Å²) in [6.45, 7) is 1.39. The number of carbonyl (C=O) groups excluding carboxylic acids is 1. The highest BCUT2D eigenvalue weighted by Gasteiger charge is 2.10. The lowest BCUT2D eigenvalue weighted by Crippen LogP contribution is -2.36. The maximum Gasteiger partial charge on any atom is 0.223 e. The van der Waals surface area contributed by atoms with Crippen molar-refractivity contribution in [2.75, 3.05) is 39.2 Å². The lowest BCUT2D eigenvalue weighted by atomic mass is 10.3. The molecule has 0 atom stereocenters. The van der Waals surface area contributed by atoms with Crippen molar-refractivity contribution in [2.24, 2.45) is 0 Å². The van der Waals surface area contributed by atoms with Gasteiger partial charge in [0.2, 0.25) is 5.91 Å². The second kappa shape index (κ2) is 8.34. The Morgan fingerprint density at radius 3 is 2.69 bits per heavy atom. The van der Waals surface area contributed by atoms with Crippen LogP contribution in [0.2, 0.25) is 0 Å². The Balaban J connectivity index is 3.83. The van der Waals surface area contributed by atoms with Crippen molar-refractivity contribution < 1.29 is 14.6 Å². The number of hydrogen-bond donors (Lipinski definition) is 2. The molecule has 0 radical (unpaired) electrons. The van der Waals surface area contributed by atoms with Gasteiger partial charge in [0.25, 0.3) is 0 Å². The first kappa shape index (κ1) is 12.7.